The van der Waals surface area contributed by atoms with E-state index in [0.717, 1.165) is 0 Å². The molecule has 0 fully saturated rings. The third kappa shape index (κ3) is 2.28. The lowest BCUT2D eigenvalue weighted by molar-refractivity contribution is 0.531. The molecule has 2 atom stereocenters. The van der Waals surface area contributed by atoms with Crippen LogP contribution in [0.1, 0.15) is 0 Å². The first-order valence-corrected chi connectivity index (χ1v) is 2.55. The van der Waals surface area contributed by atoms with Crippen molar-refractivity contribution in [3.8, 4) is 6.07 Å². The molecule has 0 aromatic heterocycles. The van der Waals surface area contributed by atoms with E-state index in [0.29, 0.717) is 0 Å². The fourth-order valence-corrected chi connectivity index (χ4v) is 0.129. The molecule has 0 bridgehead atoms. The van der Waals surface area contributed by atoms with Crippen LogP contribution in [0.2, 0.25) is 0 Å². The molecule has 0 heterocycles. The monoisotopic (exact) mass is 119 g/mol. The van der Waals surface area contributed by atoms with Gasteiger partial charge in [0.05, 0.1) is 6.07 Å². The molecule has 0 amide bonds. The largest absolute Gasteiger partial charge is 0.770 e. The Morgan fingerprint density at radius 3 is 2.43 bits per heavy atom. The minimum absolute atomic E-state index is 1.33. The van der Waals surface area contributed by atoms with E-state index in [1.54, 1.807) is 0 Å². The van der Waals surface area contributed by atoms with Crippen LogP contribution in [0.15, 0.2) is 0 Å². The van der Waals surface area contributed by atoms with Crippen molar-refractivity contribution in [3.05, 3.63) is 0 Å². The van der Waals surface area contributed by atoms with Crippen molar-refractivity contribution < 1.29 is 8.76 Å². The minimum Gasteiger partial charge on any atom is -0.770 e. The van der Waals surface area contributed by atoms with Crippen LogP contribution in [-0.2, 0) is 11.1 Å². The van der Waals surface area contributed by atoms with Crippen LogP contribution in [0.4, 0.5) is 0 Å². The van der Waals surface area contributed by atoms with Gasteiger partial charge in [0.2, 0.25) is 0 Å². The van der Waals surface area contributed by atoms with E-state index in [1.165, 1.54) is 6.07 Å². The summed E-state index contributed by atoms with van der Waals surface area (Å²) < 4.78 is 19.2. The van der Waals surface area contributed by atoms with Crippen LogP contribution in [0.25, 0.3) is 0 Å². The van der Waals surface area contributed by atoms with Crippen molar-refractivity contribution in [2.45, 2.75) is 5.37 Å². The summed E-state index contributed by atoms with van der Waals surface area (Å²) in [6.07, 6.45) is 0. The van der Waals surface area contributed by atoms with E-state index >= 15 is 0 Å². The molecule has 2 unspecified atom stereocenters. The Hall–Kier alpha value is -0.440. The van der Waals surface area contributed by atoms with Crippen LogP contribution in [-0.4, -0.2) is 14.1 Å². The Bertz CT molecular complexity index is 117. The zero-order chi connectivity index (χ0) is 5.86. The lowest BCUT2D eigenvalue weighted by atomic mass is 10.8. The van der Waals surface area contributed by atoms with E-state index in [-0.39, 0.29) is 0 Å². The van der Waals surface area contributed by atoms with Crippen LogP contribution in [0, 0.1) is 11.3 Å². The third-order valence-corrected chi connectivity index (χ3v) is 0.855. The summed E-state index contributed by atoms with van der Waals surface area (Å²) in [5.74, 6) is 0. The van der Waals surface area contributed by atoms with Gasteiger partial charge >= 0.3 is 0 Å². The van der Waals surface area contributed by atoms with Gasteiger partial charge in [0.15, 0.2) is 5.37 Å². The molecule has 0 spiro atoms. The maximum Gasteiger partial charge on any atom is 0.156 e. The van der Waals surface area contributed by atoms with Crippen molar-refractivity contribution in [1.82, 2.24) is 0 Å². The van der Waals surface area contributed by atoms with Crippen molar-refractivity contribution in [1.29, 1.82) is 5.26 Å². The van der Waals surface area contributed by atoms with Crippen molar-refractivity contribution in [2.24, 2.45) is 5.73 Å². The molecule has 4 nitrogen and oxygen atoms in total. The Morgan fingerprint density at radius 1 is 2.00 bits per heavy atom. The standard InChI is InChI=1S/C2H4N2O2S/c3-1-2(4)7(5)6/h2H,4H2,(H,5,6)/p-1. The summed E-state index contributed by atoms with van der Waals surface area (Å²) >= 11 is -2.44. The van der Waals surface area contributed by atoms with Gasteiger partial charge in [-0.1, -0.05) is 0 Å². The average Bonchev–Trinajstić information content (AvgIpc) is 1.65. The highest BCUT2D eigenvalue weighted by Gasteiger charge is 1.94. The zero-order valence-electron chi connectivity index (χ0n) is 3.33. The summed E-state index contributed by atoms with van der Waals surface area (Å²) in [6.45, 7) is 0. The van der Waals surface area contributed by atoms with Crippen molar-refractivity contribution in [2.75, 3.05) is 0 Å². The summed E-state index contributed by atoms with van der Waals surface area (Å²) in [5, 5.41) is 6.36. The smallest absolute Gasteiger partial charge is 0.156 e. The molecule has 7 heavy (non-hydrogen) atoms. The zero-order valence-corrected chi connectivity index (χ0v) is 4.14. The molecular weight excluding hydrogens is 116 g/mol. The topological polar surface area (TPSA) is 89.9 Å². The van der Waals surface area contributed by atoms with E-state index in [1.807, 2.05) is 0 Å². The summed E-state index contributed by atoms with van der Waals surface area (Å²) in [5.41, 5.74) is 4.64. The molecular formula is C2H3N2O2S-. The number of rotatable bonds is 1. The SMILES string of the molecule is N#CC(N)S(=O)[O-]. The van der Waals surface area contributed by atoms with Gasteiger partial charge in [0.1, 0.15) is 0 Å². The van der Waals surface area contributed by atoms with Crippen molar-refractivity contribution >= 4 is 11.1 Å². The second kappa shape index (κ2) is 2.69. The third-order valence-electron chi connectivity index (χ3n) is 0.335. The van der Waals surface area contributed by atoms with E-state index in [9.17, 15) is 8.76 Å². The normalized spacial score (nSPS) is 17.3. The first-order chi connectivity index (χ1) is 3.18. The summed E-state index contributed by atoms with van der Waals surface area (Å²) in [6, 6.07) is 1.33. The maximum absolute atomic E-state index is 9.58. The predicted molar refractivity (Wildman–Crippen MR) is 22.5 cm³/mol. The fourth-order valence-electron chi connectivity index (χ4n) is 0.0430. The van der Waals surface area contributed by atoms with Gasteiger partial charge in [0, 0.05) is 0 Å². The number of nitrogens with two attached hydrogens (primary N) is 1. The van der Waals surface area contributed by atoms with Crippen LogP contribution >= 0.6 is 0 Å². The second-order valence-electron chi connectivity index (χ2n) is 0.810. The van der Waals surface area contributed by atoms with Crippen LogP contribution in [0.5, 0.6) is 0 Å². The molecule has 0 saturated heterocycles. The molecule has 0 aliphatic heterocycles. The van der Waals surface area contributed by atoms with Gasteiger partial charge in [-0.05, 0) is 11.1 Å². The summed E-state index contributed by atoms with van der Waals surface area (Å²) in [7, 11) is 0. The van der Waals surface area contributed by atoms with Gasteiger partial charge in [0.25, 0.3) is 0 Å². The first-order valence-electron chi connectivity index (χ1n) is 1.41. The minimum atomic E-state index is -2.44. The van der Waals surface area contributed by atoms with Gasteiger partial charge in [-0.25, -0.2) is 0 Å². The molecule has 0 aliphatic carbocycles. The molecule has 0 rings (SSSR count). The Balaban J connectivity index is 3.63. The molecule has 2 N–H and O–H groups in total. The van der Waals surface area contributed by atoms with E-state index in [4.69, 9.17) is 5.26 Å². The predicted octanol–water partition coefficient (Wildman–Crippen LogP) is -1.33. The Kier molecular flexibility index (Phi) is 2.52. The molecule has 0 aliphatic rings. The van der Waals surface area contributed by atoms with Gasteiger partial charge < -0.3 is 10.3 Å². The lowest BCUT2D eigenvalue weighted by Crippen LogP contribution is -2.22. The van der Waals surface area contributed by atoms with E-state index in [2.05, 4.69) is 5.73 Å². The van der Waals surface area contributed by atoms with E-state index < -0.39 is 16.5 Å². The van der Waals surface area contributed by atoms with Crippen LogP contribution in [0.3, 0.4) is 0 Å². The quantitative estimate of drug-likeness (QED) is 0.433. The highest BCUT2D eigenvalue weighted by Crippen LogP contribution is 1.76. The highest BCUT2D eigenvalue weighted by atomic mass is 32.2. The fraction of sp³-hybridized carbons (Fsp3) is 0.500. The second-order valence-corrected chi connectivity index (χ2v) is 1.84. The summed E-state index contributed by atoms with van der Waals surface area (Å²) in [4.78, 5) is 0. The Labute approximate surface area is 43.2 Å². The molecule has 0 saturated carbocycles. The van der Waals surface area contributed by atoms with Gasteiger partial charge in [-0.15, -0.1) is 0 Å². The molecule has 0 aromatic carbocycles. The maximum atomic E-state index is 9.58. The van der Waals surface area contributed by atoms with Crippen LogP contribution < -0.4 is 5.73 Å². The average molecular weight is 119 g/mol. The first kappa shape index (κ1) is 6.56. The molecule has 5 heteroatoms. The van der Waals surface area contributed by atoms with Crippen molar-refractivity contribution in [3.63, 3.8) is 0 Å². The van der Waals surface area contributed by atoms with Gasteiger partial charge in [-0.3, -0.25) is 4.21 Å². The van der Waals surface area contributed by atoms with Gasteiger partial charge in [-0.2, -0.15) is 5.26 Å². The number of hydrogen-bond donors (Lipinski definition) is 1. The number of nitriles is 1. The molecule has 0 aromatic rings. The lowest BCUT2D eigenvalue weighted by Gasteiger charge is -2.03. The highest BCUT2D eigenvalue weighted by molar-refractivity contribution is 7.80. The Morgan fingerprint density at radius 2 is 2.43 bits per heavy atom. The molecule has 40 valence electrons. The number of nitrogens with zero attached hydrogens (tertiary/aromatic N) is 1. The number of hydrogen-bond acceptors (Lipinski definition) is 4. The molecule has 0 radical (unpaired) electrons.